The predicted octanol–water partition coefficient (Wildman–Crippen LogP) is 4.53. The van der Waals surface area contributed by atoms with Gasteiger partial charge < -0.3 is 19.3 Å². The minimum absolute atomic E-state index is 0.135. The van der Waals surface area contributed by atoms with Crippen molar-refractivity contribution in [1.82, 2.24) is 0 Å². The molecule has 1 aliphatic rings. The summed E-state index contributed by atoms with van der Waals surface area (Å²) in [6.07, 6.45) is 1.96. The first-order valence-electron chi connectivity index (χ1n) is 9.93. The molecule has 2 aromatic rings. The van der Waals surface area contributed by atoms with Gasteiger partial charge in [-0.15, -0.1) is 0 Å². The van der Waals surface area contributed by atoms with E-state index in [-0.39, 0.29) is 23.9 Å². The highest BCUT2D eigenvalue weighted by Gasteiger charge is 2.42. The molecule has 1 N–H and O–H groups in total. The standard InChI is InChI=1S/C24H26O6/c1-14(2)28-21(26)12-6-16-5-11-20-19(13-16)22(24(27)29-15(3)4)23(30-20)17-7-9-18(25)10-8-17/h5-15,22-23,25H,1-4H3/b12-6+/t22-,23+/m0/s1. The lowest BCUT2D eigenvalue weighted by Gasteiger charge is -2.20. The number of ether oxygens (including phenoxy) is 3. The lowest BCUT2D eigenvalue weighted by molar-refractivity contribution is -0.151. The summed E-state index contributed by atoms with van der Waals surface area (Å²) in [6.45, 7) is 7.16. The third-order valence-electron chi connectivity index (χ3n) is 4.52. The smallest absolute Gasteiger partial charge is 0.331 e. The Kier molecular flexibility index (Phi) is 6.45. The van der Waals surface area contributed by atoms with Gasteiger partial charge in [-0.2, -0.15) is 0 Å². The SMILES string of the molecule is CC(C)OC(=O)/C=C/c1ccc2c(c1)[C@H](C(=O)OC(C)C)[C@@H](c1ccc(O)cc1)O2. The van der Waals surface area contributed by atoms with Crippen molar-refractivity contribution < 1.29 is 28.9 Å². The maximum absolute atomic E-state index is 12.9. The van der Waals surface area contributed by atoms with Gasteiger partial charge in [-0.3, -0.25) is 4.79 Å². The fourth-order valence-corrected chi connectivity index (χ4v) is 3.31. The Morgan fingerprint density at radius 1 is 1.00 bits per heavy atom. The second-order valence-electron chi connectivity index (χ2n) is 7.71. The van der Waals surface area contributed by atoms with E-state index in [9.17, 15) is 14.7 Å². The van der Waals surface area contributed by atoms with Crippen LogP contribution in [-0.4, -0.2) is 29.3 Å². The first-order valence-corrected chi connectivity index (χ1v) is 9.93. The van der Waals surface area contributed by atoms with Crippen molar-refractivity contribution in [3.05, 3.63) is 65.2 Å². The van der Waals surface area contributed by atoms with Crippen LogP contribution in [0.1, 0.15) is 56.4 Å². The number of hydrogen-bond donors (Lipinski definition) is 1. The lowest BCUT2D eigenvalue weighted by atomic mass is 9.90. The second-order valence-corrected chi connectivity index (χ2v) is 7.71. The number of phenols is 1. The van der Waals surface area contributed by atoms with Crippen molar-refractivity contribution in [1.29, 1.82) is 0 Å². The molecule has 0 fully saturated rings. The molecule has 6 nitrogen and oxygen atoms in total. The predicted molar refractivity (Wildman–Crippen MR) is 112 cm³/mol. The zero-order chi connectivity index (χ0) is 21.8. The first kappa shape index (κ1) is 21.4. The summed E-state index contributed by atoms with van der Waals surface area (Å²) in [4.78, 5) is 24.7. The van der Waals surface area contributed by atoms with E-state index in [1.165, 1.54) is 6.08 Å². The molecule has 3 rings (SSSR count). The van der Waals surface area contributed by atoms with E-state index in [2.05, 4.69) is 0 Å². The van der Waals surface area contributed by atoms with Crippen LogP contribution in [0.3, 0.4) is 0 Å². The van der Waals surface area contributed by atoms with Crippen LogP contribution in [0.4, 0.5) is 0 Å². The monoisotopic (exact) mass is 410 g/mol. The molecule has 30 heavy (non-hydrogen) atoms. The number of rotatable bonds is 6. The summed E-state index contributed by atoms with van der Waals surface area (Å²) in [7, 11) is 0. The minimum atomic E-state index is -0.664. The van der Waals surface area contributed by atoms with E-state index < -0.39 is 18.0 Å². The van der Waals surface area contributed by atoms with Crippen LogP contribution in [-0.2, 0) is 19.1 Å². The van der Waals surface area contributed by atoms with E-state index in [0.717, 1.165) is 11.1 Å². The molecule has 0 unspecified atom stereocenters. The number of hydrogen-bond acceptors (Lipinski definition) is 6. The molecule has 0 saturated heterocycles. The zero-order valence-electron chi connectivity index (χ0n) is 17.5. The third-order valence-corrected chi connectivity index (χ3v) is 4.52. The van der Waals surface area contributed by atoms with E-state index in [1.807, 2.05) is 12.1 Å². The largest absolute Gasteiger partial charge is 0.508 e. The normalized spacial score (nSPS) is 17.8. The van der Waals surface area contributed by atoms with Crippen LogP contribution in [0, 0.1) is 0 Å². The highest BCUT2D eigenvalue weighted by Crippen LogP contribution is 2.47. The number of esters is 2. The molecule has 1 heterocycles. The number of fused-ring (bicyclic) bond motifs is 1. The van der Waals surface area contributed by atoms with E-state index in [1.54, 1.807) is 64.1 Å². The Morgan fingerprint density at radius 2 is 1.67 bits per heavy atom. The fraction of sp³-hybridized carbons (Fsp3) is 0.333. The van der Waals surface area contributed by atoms with Gasteiger partial charge in [0, 0.05) is 11.6 Å². The van der Waals surface area contributed by atoms with Crippen molar-refractivity contribution in [2.45, 2.75) is 51.9 Å². The van der Waals surface area contributed by atoms with E-state index >= 15 is 0 Å². The maximum Gasteiger partial charge on any atom is 0.331 e. The molecule has 0 aliphatic carbocycles. The maximum atomic E-state index is 12.9. The van der Waals surface area contributed by atoms with E-state index in [0.29, 0.717) is 11.3 Å². The van der Waals surface area contributed by atoms with Crippen molar-refractivity contribution >= 4 is 18.0 Å². The van der Waals surface area contributed by atoms with Crippen LogP contribution in [0.25, 0.3) is 6.08 Å². The molecule has 1 aliphatic heterocycles. The molecular formula is C24H26O6. The topological polar surface area (TPSA) is 82.1 Å². The Balaban J connectivity index is 1.93. The van der Waals surface area contributed by atoms with E-state index in [4.69, 9.17) is 14.2 Å². The van der Waals surface area contributed by atoms with Gasteiger partial charge in [0.2, 0.25) is 0 Å². The van der Waals surface area contributed by atoms with Crippen LogP contribution in [0.5, 0.6) is 11.5 Å². The van der Waals surface area contributed by atoms with Crippen LogP contribution < -0.4 is 4.74 Å². The molecule has 0 amide bonds. The summed E-state index contributed by atoms with van der Waals surface area (Å²) in [6, 6.07) is 12.0. The number of phenolic OH excluding ortho intramolecular Hbond substituents is 1. The van der Waals surface area contributed by atoms with Gasteiger partial charge in [0.05, 0.1) is 12.2 Å². The van der Waals surface area contributed by atoms with Crippen molar-refractivity contribution in [3.63, 3.8) is 0 Å². The Hall–Kier alpha value is -3.28. The highest BCUT2D eigenvalue weighted by atomic mass is 16.6. The van der Waals surface area contributed by atoms with Crippen LogP contribution in [0.2, 0.25) is 0 Å². The van der Waals surface area contributed by atoms with Gasteiger partial charge in [0.15, 0.2) is 0 Å². The van der Waals surface area contributed by atoms with Crippen LogP contribution in [0.15, 0.2) is 48.5 Å². The number of benzene rings is 2. The molecule has 0 bridgehead atoms. The van der Waals surface area contributed by atoms with Crippen molar-refractivity contribution in [2.75, 3.05) is 0 Å². The van der Waals surface area contributed by atoms with Gasteiger partial charge in [-0.05, 0) is 69.2 Å². The summed E-state index contributed by atoms with van der Waals surface area (Å²) in [5.41, 5.74) is 2.19. The fourth-order valence-electron chi connectivity index (χ4n) is 3.31. The van der Waals surface area contributed by atoms with Gasteiger partial charge >= 0.3 is 11.9 Å². The molecule has 0 radical (unpaired) electrons. The van der Waals surface area contributed by atoms with Crippen molar-refractivity contribution in [2.24, 2.45) is 0 Å². The Labute approximate surface area is 176 Å². The molecule has 2 aromatic carbocycles. The second kappa shape index (κ2) is 9.03. The first-order chi connectivity index (χ1) is 14.2. The summed E-state index contributed by atoms with van der Waals surface area (Å²) in [5, 5.41) is 9.58. The van der Waals surface area contributed by atoms with Gasteiger partial charge in [0.1, 0.15) is 23.5 Å². The number of carbonyl (C=O) groups excluding carboxylic acids is 2. The van der Waals surface area contributed by atoms with Gasteiger partial charge in [-0.25, -0.2) is 4.79 Å². The quantitative estimate of drug-likeness (QED) is 0.557. The number of aromatic hydroxyl groups is 1. The molecule has 6 heteroatoms. The zero-order valence-corrected chi connectivity index (χ0v) is 17.5. The third kappa shape index (κ3) is 5.00. The molecular weight excluding hydrogens is 384 g/mol. The highest BCUT2D eigenvalue weighted by molar-refractivity contribution is 5.87. The van der Waals surface area contributed by atoms with Crippen molar-refractivity contribution in [3.8, 4) is 11.5 Å². The summed E-state index contributed by atoms with van der Waals surface area (Å²) >= 11 is 0. The average molecular weight is 410 g/mol. The Morgan fingerprint density at radius 3 is 2.30 bits per heavy atom. The summed E-state index contributed by atoms with van der Waals surface area (Å²) in [5.74, 6) is -0.762. The summed E-state index contributed by atoms with van der Waals surface area (Å²) < 4.78 is 16.7. The lowest BCUT2D eigenvalue weighted by Crippen LogP contribution is -2.23. The molecule has 158 valence electrons. The average Bonchev–Trinajstić information content (AvgIpc) is 3.04. The molecule has 2 atom stereocenters. The Bertz CT molecular complexity index is 943. The van der Waals surface area contributed by atoms with Gasteiger partial charge in [-0.1, -0.05) is 18.2 Å². The molecule has 0 aromatic heterocycles. The van der Waals surface area contributed by atoms with Gasteiger partial charge in [0.25, 0.3) is 0 Å². The minimum Gasteiger partial charge on any atom is -0.508 e. The number of carbonyl (C=O) groups is 2. The molecule has 0 saturated carbocycles. The van der Waals surface area contributed by atoms with Crippen LogP contribution >= 0.6 is 0 Å². The molecule has 0 spiro atoms.